The Bertz CT molecular complexity index is 785. The van der Waals surface area contributed by atoms with Crippen LogP contribution in [0.25, 0.3) is 0 Å². The summed E-state index contributed by atoms with van der Waals surface area (Å²) in [6.45, 7) is 0. The highest BCUT2D eigenvalue weighted by molar-refractivity contribution is 7.90. The monoisotopic (exact) mass is 328 g/mol. The fraction of sp³-hybridized carbons (Fsp3) is 0.0714. The lowest BCUT2D eigenvalue weighted by atomic mass is 10.2. The lowest BCUT2D eigenvalue weighted by Crippen LogP contribution is -2.06. The van der Waals surface area contributed by atoms with Crippen molar-refractivity contribution in [1.82, 2.24) is 0 Å². The van der Waals surface area contributed by atoms with E-state index in [1.165, 1.54) is 36.4 Å². The lowest BCUT2D eigenvalue weighted by molar-refractivity contribution is 0.0696. The fourth-order valence-corrected chi connectivity index (χ4v) is 3.19. The first-order chi connectivity index (χ1) is 9.79. The highest BCUT2D eigenvalue weighted by Gasteiger charge is 2.17. The Morgan fingerprint density at radius 1 is 1.14 bits per heavy atom. The van der Waals surface area contributed by atoms with Crippen molar-refractivity contribution >= 4 is 27.4 Å². The summed E-state index contributed by atoms with van der Waals surface area (Å²) >= 11 is 5.54. The van der Waals surface area contributed by atoms with E-state index in [2.05, 4.69) is 0 Å². The lowest BCUT2D eigenvalue weighted by Gasteiger charge is -2.06. The van der Waals surface area contributed by atoms with Crippen LogP contribution in [-0.4, -0.2) is 19.5 Å². The van der Waals surface area contributed by atoms with E-state index < -0.39 is 27.4 Å². The predicted octanol–water partition coefficient (Wildman–Crippen LogP) is 3.15. The maximum absolute atomic E-state index is 13.3. The molecule has 0 unspecified atom stereocenters. The SMILES string of the molecule is O=C(O)c1ccc(S(=O)(=O)Cc2ccc(Cl)c(F)c2)cc1. The molecule has 0 bridgehead atoms. The highest BCUT2D eigenvalue weighted by Crippen LogP contribution is 2.21. The smallest absolute Gasteiger partial charge is 0.335 e. The number of sulfone groups is 1. The fourth-order valence-electron chi connectivity index (χ4n) is 1.74. The summed E-state index contributed by atoms with van der Waals surface area (Å²) in [7, 11) is -3.69. The van der Waals surface area contributed by atoms with Crippen LogP contribution < -0.4 is 0 Å². The number of benzene rings is 2. The van der Waals surface area contributed by atoms with Crippen molar-refractivity contribution in [3.05, 3.63) is 64.4 Å². The summed E-state index contributed by atoms with van der Waals surface area (Å²) in [6, 6.07) is 8.61. The van der Waals surface area contributed by atoms with Gasteiger partial charge in [0.05, 0.1) is 21.2 Å². The number of carbonyl (C=O) groups is 1. The van der Waals surface area contributed by atoms with Crippen molar-refractivity contribution < 1.29 is 22.7 Å². The van der Waals surface area contributed by atoms with Crippen LogP contribution in [0.2, 0.25) is 5.02 Å². The van der Waals surface area contributed by atoms with E-state index in [0.29, 0.717) is 0 Å². The first-order valence-electron chi connectivity index (χ1n) is 5.79. The van der Waals surface area contributed by atoms with Gasteiger partial charge in [-0.15, -0.1) is 0 Å². The van der Waals surface area contributed by atoms with Crippen LogP contribution in [0.1, 0.15) is 15.9 Å². The second kappa shape index (κ2) is 5.83. The van der Waals surface area contributed by atoms with Crippen molar-refractivity contribution in [3.8, 4) is 0 Å². The zero-order valence-corrected chi connectivity index (χ0v) is 12.2. The van der Waals surface area contributed by atoms with Crippen LogP contribution in [-0.2, 0) is 15.6 Å². The third kappa shape index (κ3) is 3.59. The topological polar surface area (TPSA) is 71.4 Å². The molecule has 0 saturated carbocycles. The molecule has 21 heavy (non-hydrogen) atoms. The van der Waals surface area contributed by atoms with Crippen LogP contribution >= 0.6 is 11.6 Å². The van der Waals surface area contributed by atoms with Gasteiger partial charge < -0.3 is 5.11 Å². The number of hydrogen-bond acceptors (Lipinski definition) is 3. The zero-order chi connectivity index (χ0) is 15.6. The molecule has 0 atom stereocenters. The molecule has 2 rings (SSSR count). The predicted molar refractivity (Wildman–Crippen MR) is 75.7 cm³/mol. The molecule has 0 heterocycles. The number of halogens is 2. The minimum atomic E-state index is -3.69. The van der Waals surface area contributed by atoms with E-state index in [4.69, 9.17) is 16.7 Å². The van der Waals surface area contributed by atoms with Gasteiger partial charge in [-0.2, -0.15) is 0 Å². The molecule has 0 saturated heterocycles. The van der Waals surface area contributed by atoms with Crippen molar-refractivity contribution in [1.29, 1.82) is 0 Å². The van der Waals surface area contributed by atoms with Gasteiger partial charge in [-0.25, -0.2) is 17.6 Å². The molecule has 0 aliphatic rings. The van der Waals surface area contributed by atoms with E-state index in [-0.39, 0.29) is 21.0 Å². The maximum atomic E-state index is 13.3. The van der Waals surface area contributed by atoms with Crippen molar-refractivity contribution in [2.75, 3.05) is 0 Å². The Kier molecular flexibility index (Phi) is 4.29. The average molecular weight is 329 g/mol. The molecule has 0 fully saturated rings. The minimum absolute atomic E-state index is 0.00788. The van der Waals surface area contributed by atoms with Crippen molar-refractivity contribution in [2.45, 2.75) is 10.6 Å². The molecular weight excluding hydrogens is 319 g/mol. The van der Waals surface area contributed by atoms with Gasteiger partial charge in [-0.1, -0.05) is 17.7 Å². The normalized spacial score (nSPS) is 11.3. The van der Waals surface area contributed by atoms with Crippen LogP contribution in [0.4, 0.5) is 4.39 Å². The van der Waals surface area contributed by atoms with Gasteiger partial charge >= 0.3 is 5.97 Å². The van der Waals surface area contributed by atoms with Gasteiger partial charge in [0, 0.05) is 0 Å². The van der Waals surface area contributed by atoms with Gasteiger partial charge in [0.15, 0.2) is 9.84 Å². The summed E-state index contributed by atoms with van der Waals surface area (Å²) in [5.74, 6) is -2.22. The van der Waals surface area contributed by atoms with Crippen LogP contribution in [0, 0.1) is 5.82 Å². The maximum Gasteiger partial charge on any atom is 0.335 e. The molecule has 2 aromatic rings. The first kappa shape index (κ1) is 15.5. The molecule has 0 amide bonds. The summed E-state index contributed by atoms with van der Waals surface area (Å²) in [5.41, 5.74) is 0.255. The molecule has 110 valence electrons. The molecule has 4 nitrogen and oxygen atoms in total. The number of carboxylic acids is 1. The zero-order valence-electron chi connectivity index (χ0n) is 10.6. The van der Waals surface area contributed by atoms with Crippen LogP contribution in [0.5, 0.6) is 0 Å². The van der Waals surface area contributed by atoms with Gasteiger partial charge in [0.25, 0.3) is 0 Å². The average Bonchev–Trinajstić information content (AvgIpc) is 2.43. The molecule has 0 aliphatic heterocycles. The number of hydrogen-bond donors (Lipinski definition) is 1. The van der Waals surface area contributed by atoms with E-state index in [1.807, 2.05) is 0 Å². The molecule has 7 heteroatoms. The van der Waals surface area contributed by atoms with Gasteiger partial charge in [0.1, 0.15) is 5.82 Å². The third-order valence-electron chi connectivity index (χ3n) is 2.80. The first-order valence-corrected chi connectivity index (χ1v) is 7.83. The second-order valence-corrected chi connectivity index (χ2v) is 6.73. The van der Waals surface area contributed by atoms with E-state index >= 15 is 0 Å². The number of aromatic carboxylic acids is 1. The summed E-state index contributed by atoms with van der Waals surface area (Å²) in [5, 5.41) is 8.69. The van der Waals surface area contributed by atoms with E-state index in [1.54, 1.807) is 0 Å². The van der Waals surface area contributed by atoms with Gasteiger partial charge in [-0.3, -0.25) is 0 Å². The molecule has 0 aliphatic carbocycles. The van der Waals surface area contributed by atoms with Gasteiger partial charge in [-0.05, 0) is 42.0 Å². The van der Waals surface area contributed by atoms with E-state index in [0.717, 1.165) is 6.07 Å². The Morgan fingerprint density at radius 2 is 1.76 bits per heavy atom. The number of rotatable bonds is 4. The Balaban J connectivity index is 2.29. The molecule has 2 aromatic carbocycles. The largest absolute Gasteiger partial charge is 0.478 e. The van der Waals surface area contributed by atoms with E-state index in [9.17, 15) is 17.6 Å². The van der Waals surface area contributed by atoms with Gasteiger partial charge in [0.2, 0.25) is 0 Å². The number of carboxylic acid groups (broad SMARTS) is 1. The Hall–Kier alpha value is -1.92. The third-order valence-corrected chi connectivity index (χ3v) is 4.81. The quantitative estimate of drug-likeness (QED) is 0.935. The van der Waals surface area contributed by atoms with Crippen molar-refractivity contribution in [2.24, 2.45) is 0 Å². The summed E-state index contributed by atoms with van der Waals surface area (Å²) in [6.07, 6.45) is 0. The Morgan fingerprint density at radius 3 is 2.29 bits per heavy atom. The molecular formula is C14H10ClFO4S. The highest BCUT2D eigenvalue weighted by atomic mass is 35.5. The molecule has 1 N–H and O–H groups in total. The van der Waals surface area contributed by atoms with Crippen LogP contribution in [0.3, 0.4) is 0 Å². The minimum Gasteiger partial charge on any atom is -0.478 e. The van der Waals surface area contributed by atoms with Crippen molar-refractivity contribution in [3.63, 3.8) is 0 Å². The Labute approximate surface area is 125 Å². The molecule has 0 aromatic heterocycles. The second-order valence-electron chi connectivity index (χ2n) is 4.34. The van der Waals surface area contributed by atoms with Crippen LogP contribution in [0.15, 0.2) is 47.4 Å². The standard InChI is InChI=1S/C14H10ClFO4S/c15-12-6-1-9(7-13(12)16)8-21(19,20)11-4-2-10(3-5-11)14(17)18/h1-7H,8H2,(H,17,18). The summed E-state index contributed by atoms with van der Waals surface area (Å²) in [4.78, 5) is 10.7. The molecule has 0 spiro atoms. The molecule has 0 radical (unpaired) electrons. The summed E-state index contributed by atoms with van der Waals surface area (Å²) < 4.78 is 37.7.